The summed E-state index contributed by atoms with van der Waals surface area (Å²) in [6, 6.07) is 15.6. The number of carbonyl (C=O) groups excluding carboxylic acids is 2. The zero-order valence-electron chi connectivity index (χ0n) is 19.6. The van der Waals surface area contributed by atoms with Gasteiger partial charge in [-0.2, -0.15) is 0 Å². The van der Waals surface area contributed by atoms with Crippen LogP contribution in [0.2, 0.25) is 0 Å². The van der Waals surface area contributed by atoms with E-state index in [9.17, 15) is 9.59 Å². The Balaban J connectivity index is 1.79. The third-order valence-electron chi connectivity index (χ3n) is 5.75. The van der Waals surface area contributed by atoms with Crippen molar-refractivity contribution in [3.63, 3.8) is 0 Å². The largest absolute Gasteiger partial charge is 0.484 e. The van der Waals surface area contributed by atoms with Crippen molar-refractivity contribution in [3.05, 3.63) is 54.1 Å². The lowest BCUT2D eigenvalue weighted by molar-refractivity contribution is -0.134. The van der Waals surface area contributed by atoms with Gasteiger partial charge in [-0.05, 0) is 43.8 Å². The van der Waals surface area contributed by atoms with E-state index in [1.165, 1.54) is 0 Å². The quantitative estimate of drug-likeness (QED) is 0.735. The Morgan fingerprint density at radius 1 is 1.00 bits per heavy atom. The molecular formula is C25H34N4O3. The van der Waals surface area contributed by atoms with Gasteiger partial charge in [0.15, 0.2) is 6.61 Å². The van der Waals surface area contributed by atoms with Gasteiger partial charge in [0.1, 0.15) is 5.75 Å². The van der Waals surface area contributed by atoms with Crippen molar-refractivity contribution in [1.29, 1.82) is 0 Å². The van der Waals surface area contributed by atoms with Gasteiger partial charge in [0.25, 0.3) is 5.91 Å². The molecule has 2 aromatic rings. The molecule has 0 spiro atoms. The van der Waals surface area contributed by atoms with Gasteiger partial charge >= 0.3 is 0 Å². The highest BCUT2D eigenvalue weighted by molar-refractivity contribution is 5.92. The van der Waals surface area contributed by atoms with Crippen molar-refractivity contribution in [3.8, 4) is 5.75 Å². The fourth-order valence-electron chi connectivity index (χ4n) is 3.84. The minimum absolute atomic E-state index is 0.0151. The molecule has 32 heavy (non-hydrogen) atoms. The highest BCUT2D eigenvalue weighted by Gasteiger charge is 2.21. The molecule has 0 atom stereocenters. The van der Waals surface area contributed by atoms with E-state index in [4.69, 9.17) is 4.74 Å². The van der Waals surface area contributed by atoms with Crippen molar-refractivity contribution in [2.75, 3.05) is 63.7 Å². The molecule has 0 fully saturated rings. The molecule has 0 saturated carbocycles. The normalized spacial score (nSPS) is 15.5. The van der Waals surface area contributed by atoms with Gasteiger partial charge in [-0.25, -0.2) is 0 Å². The monoisotopic (exact) mass is 438 g/mol. The second-order valence-corrected chi connectivity index (χ2v) is 8.45. The van der Waals surface area contributed by atoms with E-state index >= 15 is 0 Å². The molecule has 1 aliphatic heterocycles. The molecule has 1 heterocycles. The summed E-state index contributed by atoms with van der Waals surface area (Å²) in [4.78, 5) is 33.4. The zero-order chi connectivity index (χ0) is 23.1. The summed E-state index contributed by atoms with van der Waals surface area (Å²) in [5, 5.41) is 0. The van der Waals surface area contributed by atoms with E-state index in [0.717, 1.165) is 36.4 Å². The molecule has 1 aliphatic rings. The Bertz CT molecular complexity index is 931. The van der Waals surface area contributed by atoms with Gasteiger partial charge in [0, 0.05) is 64.6 Å². The lowest BCUT2D eigenvalue weighted by Crippen LogP contribution is -2.39. The first-order valence-corrected chi connectivity index (χ1v) is 11.1. The number of nitrogens with zero attached hydrogens (tertiary/aromatic N) is 4. The topological polar surface area (TPSA) is 56.3 Å². The summed E-state index contributed by atoms with van der Waals surface area (Å²) in [6.45, 7) is 4.90. The van der Waals surface area contributed by atoms with Gasteiger partial charge in [0.05, 0.1) is 0 Å². The average molecular weight is 439 g/mol. The molecule has 0 saturated heterocycles. The maximum Gasteiger partial charge on any atom is 0.260 e. The number of amides is 2. The number of rotatable bonds is 4. The van der Waals surface area contributed by atoms with Crippen molar-refractivity contribution in [1.82, 2.24) is 9.80 Å². The first kappa shape index (κ1) is 23.6. The zero-order valence-corrected chi connectivity index (χ0v) is 19.6. The number of carbonyl (C=O) groups is 2. The van der Waals surface area contributed by atoms with Gasteiger partial charge in [-0.3, -0.25) is 9.59 Å². The van der Waals surface area contributed by atoms with Gasteiger partial charge in [-0.1, -0.05) is 24.3 Å². The molecule has 0 N–H and O–H groups in total. The molecule has 172 valence electrons. The van der Waals surface area contributed by atoms with Crippen LogP contribution >= 0.6 is 0 Å². The lowest BCUT2D eigenvalue weighted by atomic mass is 10.1. The smallest absolute Gasteiger partial charge is 0.260 e. The Labute approximate surface area is 191 Å². The summed E-state index contributed by atoms with van der Waals surface area (Å²) in [5.74, 6) is 0.612. The number of hydrogen-bond acceptors (Lipinski definition) is 5. The second kappa shape index (κ2) is 11.0. The molecule has 0 aromatic heterocycles. The van der Waals surface area contributed by atoms with Crippen molar-refractivity contribution in [2.45, 2.75) is 19.9 Å². The minimum Gasteiger partial charge on any atom is -0.484 e. The molecule has 7 heteroatoms. The van der Waals surface area contributed by atoms with Crippen LogP contribution in [0.25, 0.3) is 0 Å². The fourth-order valence-corrected chi connectivity index (χ4v) is 3.84. The molecule has 2 aromatic carbocycles. The summed E-state index contributed by atoms with van der Waals surface area (Å²) < 4.78 is 5.84. The predicted octanol–water partition coefficient (Wildman–Crippen LogP) is 2.85. The Morgan fingerprint density at radius 2 is 1.78 bits per heavy atom. The number of para-hydroxylation sites is 1. The molecule has 7 nitrogen and oxygen atoms in total. The molecule has 3 rings (SSSR count). The van der Waals surface area contributed by atoms with E-state index < -0.39 is 0 Å². The van der Waals surface area contributed by atoms with Gasteiger partial charge in [0.2, 0.25) is 5.91 Å². The fraction of sp³-hybridized carbons (Fsp3) is 0.440. The molecule has 0 bridgehead atoms. The van der Waals surface area contributed by atoms with Crippen LogP contribution in [0.4, 0.5) is 11.4 Å². The number of hydrogen-bond donors (Lipinski definition) is 0. The third kappa shape index (κ3) is 6.23. The predicted molar refractivity (Wildman–Crippen MR) is 128 cm³/mol. The van der Waals surface area contributed by atoms with E-state index in [2.05, 4.69) is 11.9 Å². The minimum atomic E-state index is -0.0721. The lowest BCUT2D eigenvalue weighted by Gasteiger charge is -2.27. The second-order valence-electron chi connectivity index (χ2n) is 8.45. The van der Waals surface area contributed by atoms with Gasteiger partial charge < -0.3 is 24.3 Å². The van der Waals surface area contributed by atoms with Crippen molar-refractivity contribution in [2.24, 2.45) is 0 Å². The summed E-state index contributed by atoms with van der Waals surface area (Å²) in [7, 11) is 5.99. The summed E-state index contributed by atoms with van der Waals surface area (Å²) in [5.41, 5.74) is 2.86. The maximum absolute atomic E-state index is 13.2. The standard InChI is InChI=1S/C25H34N4O3/c1-20(30)29-14-8-13-27(4)15-16-28(18-21-9-5-6-12-24(21)29)25(31)19-32-23-11-7-10-22(17-23)26(2)3/h5-7,9-12,17H,8,13-16,18-19H2,1-4H3. The van der Waals surface area contributed by atoms with E-state index in [1.54, 1.807) is 6.92 Å². The van der Waals surface area contributed by atoms with E-state index in [-0.39, 0.29) is 18.4 Å². The van der Waals surface area contributed by atoms with Crippen LogP contribution in [0.5, 0.6) is 5.75 Å². The highest BCUT2D eigenvalue weighted by Crippen LogP contribution is 2.24. The number of benzene rings is 2. The van der Waals surface area contributed by atoms with Crippen LogP contribution < -0.4 is 14.5 Å². The number of anilines is 2. The molecular weight excluding hydrogens is 404 g/mol. The molecule has 2 amide bonds. The SMILES string of the molecule is CC(=O)N1CCCN(C)CCN(C(=O)COc2cccc(N(C)C)c2)Cc2ccccc21. The third-order valence-corrected chi connectivity index (χ3v) is 5.75. The average Bonchev–Trinajstić information content (AvgIpc) is 2.81. The molecule has 0 unspecified atom stereocenters. The van der Waals surface area contributed by atoms with E-state index in [1.807, 2.05) is 77.3 Å². The highest BCUT2D eigenvalue weighted by atomic mass is 16.5. The van der Waals surface area contributed by atoms with Crippen LogP contribution in [0, 0.1) is 0 Å². The number of ether oxygens (including phenoxy) is 1. The Kier molecular flexibility index (Phi) is 8.11. The van der Waals surface area contributed by atoms with Crippen LogP contribution in [0.3, 0.4) is 0 Å². The molecule has 0 radical (unpaired) electrons. The van der Waals surface area contributed by atoms with Crippen LogP contribution in [-0.2, 0) is 16.1 Å². The summed E-state index contributed by atoms with van der Waals surface area (Å²) >= 11 is 0. The Morgan fingerprint density at radius 3 is 2.53 bits per heavy atom. The van der Waals surface area contributed by atoms with Crippen molar-refractivity contribution >= 4 is 23.2 Å². The first-order valence-electron chi connectivity index (χ1n) is 11.1. The molecule has 0 aliphatic carbocycles. The van der Waals surface area contributed by atoms with Crippen molar-refractivity contribution < 1.29 is 14.3 Å². The van der Waals surface area contributed by atoms with Crippen LogP contribution in [-0.4, -0.2) is 75.5 Å². The summed E-state index contributed by atoms with van der Waals surface area (Å²) in [6.07, 6.45) is 0.879. The number of fused-ring (bicyclic) bond motifs is 1. The number of likely N-dealkylation sites (N-methyl/N-ethyl adjacent to an activating group) is 1. The van der Waals surface area contributed by atoms with Gasteiger partial charge in [-0.15, -0.1) is 0 Å². The maximum atomic E-state index is 13.2. The van der Waals surface area contributed by atoms with Crippen LogP contribution in [0.1, 0.15) is 18.9 Å². The van der Waals surface area contributed by atoms with Crippen LogP contribution in [0.15, 0.2) is 48.5 Å². The Hall–Kier alpha value is -3.06. The van der Waals surface area contributed by atoms with E-state index in [0.29, 0.717) is 25.4 Å². The first-order chi connectivity index (χ1) is 15.3.